The van der Waals surface area contributed by atoms with E-state index < -0.39 is 15.4 Å². The van der Waals surface area contributed by atoms with E-state index in [9.17, 15) is 8.42 Å². The molecule has 0 aliphatic carbocycles. The van der Waals surface area contributed by atoms with Crippen molar-refractivity contribution in [1.82, 2.24) is 14.8 Å². The molecular weight excluding hydrogens is 502 g/mol. The summed E-state index contributed by atoms with van der Waals surface area (Å²) in [6.07, 6.45) is 4.89. The predicted octanol–water partition coefficient (Wildman–Crippen LogP) is 6.65. The average Bonchev–Trinajstić information content (AvgIpc) is 3.39. The van der Waals surface area contributed by atoms with Crippen LogP contribution in [-0.4, -0.2) is 29.4 Å². The Balaban J connectivity index is 1.66. The number of sulfone groups is 1. The van der Waals surface area contributed by atoms with Gasteiger partial charge in [0.15, 0.2) is 9.84 Å². The molecule has 39 heavy (non-hydrogen) atoms. The fourth-order valence-corrected chi connectivity index (χ4v) is 6.53. The lowest BCUT2D eigenvalue weighted by molar-refractivity contribution is 0.476. The fraction of sp³-hybridized carbons (Fsp3) is 0.0909. The van der Waals surface area contributed by atoms with E-state index in [1.165, 1.54) is 6.26 Å². The fourth-order valence-electron chi connectivity index (χ4n) is 5.57. The van der Waals surface area contributed by atoms with Gasteiger partial charge >= 0.3 is 0 Å². The third kappa shape index (κ3) is 4.14. The van der Waals surface area contributed by atoms with Crippen LogP contribution in [0.5, 0.6) is 0 Å². The number of pyridine rings is 1. The monoisotopic (exact) mass is 529 g/mol. The Morgan fingerprint density at radius 3 is 1.74 bits per heavy atom. The molecule has 6 heteroatoms. The molecule has 0 aliphatic heterocycles. The molecule has 0 fully saturated rings. The van der Waals surface area contributed by atoms with Gasteiger partial charge < -0.3 is 0 Å². The van der Waals surface area contributed by atoms with Gasteiger partial charge in [-0.3, -0.25) is 4.98 Å². The Bertz CT molecular complexity index is 1790. The molecule has 0 radical (unpaired) electrons. The molecule has 0 atom stereocenters. The summed E-state index contributed by atoms with van der Waals surface area (Å²) in [4.78, 5) is 5.05. The van der Waals surface area contributed by atoms with Gasteiger partial charge in [0.1, 0.15) is 5.54 Å². The maximum Gasteiger partial charge on any atom is 0.175 e. The molecule has 2 aromatic heterocycles. The van der Waals surface area contributed by atoms with Crippen molar-refractivity contribution in [3.63, 3.8) is 0 Å². The van der Waals surface area contributed by atoms with E-state index in [4.69, 9.17) is 10.1 Å². The van der Waals surface area contributed by atoms with E-state index in [1.54, 1.807) is 12.3 Å². The van der Waals surface area contributed by atoms with Crippen molar-refractivity contribution in [2.24, 2.45) is 0 Å². The summed E-state index contributed by atoms with van der Waals surface area (Å²) in [5.41, 5.74) is 5.70. The smallest absolute Gasteiger partial charge is 0.175 e. The first-order valence-electron chi connectivity index (χ1n) is 12.7. The highest BCUT2D eigenvalue weighted by atomic mass is 32.2. The van der Waals surface area contributed by atoms with Crippen LogP contribution in [0.4, 0.5) is 0 Å². The number of aryl methyl sites for hydroxylation is 1. The summed E-state index contributed by atoms with van der Waals surface area (Å²) >= 11 is 0. The third-order valence-corrected chi connectivity index (χ3v) is 8.49. The second kappa shape index (κ2) is 9.64. The Kier molecular flexibility index (Phi) is 6.12. The van der Waals surface area contributed by atoms with Crippen molar-refractivity contribution in [1.29, 1.82) is 0 Å². The molecule has 0 spiro atoms. The van der Waals surface area contributed by atoms with Gasteiger partial charge in [0.05, 0.1) is 22.3 Å². The molecule has 0 N–H and O–H groups in total. The van der Waals surface area contributed by atoms with Crippen LogP contribution < -0.4 is 0 Å². The highest BCUT2D eigenvalue weighted by molar-refractivity contribution is 7.90. The molecule has 6 aromatic rings. The Morgan fingerprint density at radius 2 is 1.26 bits per heavy atom. The quantitative estimate of drug-likeness (QED) is 0.227. The van der Waals surface area contributed by atoms with Gasteiger partial charge in [-0.05, 0) is 47.4 Å². The van der Waals surface area contributed by atoms with Gasteiger partial charge in [-0.1, -0.05) is 97.1 Å². The first-order valence-corrected chi connectivity index (χ1v) is 14.6. The number of aromatic nitrogens is 3. The molecule has 0 saturated carbocycles. The molecule has 0 amide bonds. The SMILES string of the molecule is Cc1cc(-c2nccc3c2cnn3C(c2ccccc2)(c2ccccc2)c2ccccc2)ccc1S(C)(=O)=O. The minimum absolute atomic E-state index is 0.324. The molecule has 5 nitrogen and oxygen atoms in total. The summed E-state index contributed by atoms with van der Waals surface area (Å²) in [5.74, 6) is 0. The summed E-state index contributed by atoms with van der Waals surface area (Å²) < 4.78 is 26.5. The zero-order valence-electron chi connectivity index (χ0n) is 21.7. The number of hydrogen-bond acceptors (Lipinski definition) is 4. The van der Waals surface area contributed by atoms with E-state index >= 15 is 0 Å². The highest BCUT2D eigenvalue weighted by Gasteiger charge is 2.40. The Labute approximate surface area is 228 Å². The van der Waals surface area contributed by atoms with E-state index in [0.717, 1.165) is 38.9 Å². The van der Waals surface area contributed by atoms with Crippen LogP contribution >= 0.6 is 0 Å². The first-order chi connectivity index (χ1) is 18.9. The van der Waals surface area contributed by atoms with Crippen LogP contribution in [0.2, 0.25) is 0 Å². The molecule has 0 aliphatic rings. The van der Waals surface area contributed by atoms with Crippen LogP contribution in [-0.2, 0) is 15.4 Å². The highest BCUT2D eigenvalue weighted by Crippen LogP contribution is 2.43. The molecular formula is C33H27N3O2S. The molecule has 6 rings (SSSR count). The lowest BCUT2D eigenvalue weighted by Crippen LogP contribution is -2.38. The molecule has 4 aromatic carbocycles. The second-order valence-corrected chi connectivity index (χ2v) is 11.7. The predicted molar refractivity (Wildman–Crippen MR) is 155 cm³/mol. The van der Waals surface area contributed by atoms with Gasteiger partial charge in [-0.2, -0.15) is 5.10 Å². The maximum absolute atomic E-state index is 12.2. The Morgan fingerprint density at radius 1 is 0.718 bits per heavy atom. The van der Waals surface area contributed by atoms with Crippen molar-refractivity contribution in [2.45, 2.75) is 17.4 Å². The van der Waals surface area contributed by atoms with Gasteiger partial charge in [0.2, 0.25) is 0 Å². The summed E-state index contributed by atoms with van der Waals surface area (Å²) in [7, 11) is -3.32. The van der Waals surface area contributed by atoms with E-state index in [0.29, 0.717) is 10.5 Å². The topological polar surface area (TPSA) is 64.8 Å². The maximum atomic E-state index is 12.2. The third-order valence-electron chi connectivity index (χ3n) is 7.24. The van der Waals surface area contributed by atoms with Crippen molar-refractivity contribution in [3.8, 4) is 11.3 Å². The van der Waals surface area contributed by atoms with Gasteiger partial charge in [-0.15, -0.1) is 0 Å². The van der Waals surface area contributed by atoms with Gasteiger partial charge in [-0.25, -0.2) is 13.1 Å². The first kappa shape index (κ1) is 24.8. The summed E-state index contributed by atoms with van der Waals surface area (Å²) in [5, 5.41) is 5.93. The molecule has 0 unspecified atom stereocenters. The number of nitrogens with zero attached hydrogens (tertiary/aromatic N) is 3. The normalized spacial score (nSPS) is 12.1. The lowest BCUT2D eigenvalue weighted by atomic mass is 9.77. The second-order valence-electron chi connectivity index (χ2n) is 9.71. The van der Waals surface area contributed by atoms with Gasteiger partial charge in [0, 0.05) is 23.4 Å². The van der Waals surface area contributed by atoms with Crippen molar-refractivity contribution in [3.05, 3.63) is 150 Å². The van der Waals surface area contributed by atoms with E-state index in [1.807, 2.05) is 49.5 Å². The van der Waals surface area contributed by atoms with Crippen molar-refractivity contribution >= 4 is 20.7 Å². The molecule has 0 saturated heterocycles. The zero-order valence-corrected chi connectivity index (χ0v) is 22.5. The molecule has 192 valence electrons. The van der Waals surface area contributed by atoms with Crippen LogP contribution in [0.15, 0.2) is 133 Å². The standard InChI is InChI=1S/C33H27N3O2S/c1-24-22-25(18-19-31(24)39(2,37)38)32-29-23-35-36(30(29)20-21-34-32)33(26-12-6-3-7-13-26,27-14-8-4-9-15-27)28-16-10-5-11-17-28/h3-23H,1-2H3. The van der Waals surface area contributed by atoms with Crippen LogP contribution in [0.25, 0.3) is 22.2 Å². The summed E-state index contributed by atoms with van der Waals surface area (Å²) in [6, 6.07) is 38.6. The van der Waals surface area contributed by atoms with E-state index in [2.05, 4.69) is 77.5 Å². The van der Waals surface area contributed by atoms with E-state index in [-0.39, 0.29) is 0 Å². The van der Waals surface area contributed by atoms with Gasteiger partial charge in [0.25, 0.3) is 0 Å². The van der Waals surface area contributed by atoms with Crippen molar-refractivity contribution < 1.29 is 8.42 Å². The van der Waals surface area contributed by atoms with Crippen LogP contribution in [0, 0.1) is 6.92 Å². The molecule has 2 heterocycles. The number of fused-ring (bicyclic) bond motifs is 1. The number of benzene rings is 4. The minimum Gasteiger partial charge on any atom is -0.255 e. The largest absolute Gasteiger partial charge is 0.255 e. The lowest BCUT2D eigenvalue weighted by Gasteiger charge is -2.37. The minimum atomic E-state index is -3.32. The van der Waals surface area contributed by atoms with Crippen molar-refractivity contribution in [2.75, 3.05) is 6.26 Å². The zero-order chi connectivity index (χ0) is 27.0. The number of rotatable bonds is 6. The van der Waals surface area contributed by atoms with Crippen LogP contribution in [0.3, 0.4) is 0 Å². The van der Waals surface area contributed by atoms with Crippen LogP contribution in [0.1, 0.15) is 22.3 Å². The summed E-state index contributed by atoms with van der Waals surface area (Å²) in [6.45, 7) is 1.81. The molecule has 0 bridgehead atoms. The average molecular weight is 530 g/mol. The number of hydrogen-bond donors (Lipinski definition) is 0. The Hall–Kier alpha value is -4.55.